The summed E-state index contributed by atoms with van der Waals surface area (Å²) in [6.45, 7) is 3.58. The minimum Gasteiger partial charge on any atom is -0.490 e. The van der Waals surface area contributed by atoms with E-state index in [0.29, 0.717) is 16.7 Å². The van der Waals surface area contributed by atoms with Crippen LogP contribution in [-0.4, -0.2) is 13.0 Å². The van der Waals surface area contributed by atoms with Gasteiger partial charge in [-0.15, -0.1) is 0 Å². The first-order valence-corrected chi connectivity index (χ1v) is 5.94. The summed E-state index contributed by atoms with van der Waals surface area (Å²) in [6, 6.07) is 6.84. The number of hydrogen-bond donors (Lipinski definition) is 1. The third kappa shape index (κ3) is 2.59. The van der Waals surface area contributed by atoms with Gasteiger partial charge in [0.05, 0.1) is 12.8 Å². The molecule has 19 heavy (non-hydrogen) atoms. The molecule has 0 unspecified atom stereocenters. The van der Waals surface area contributed by atoms with Gasteiger partial charge in [-0.1, -0.05) is 26.0 Å². The number of ether oxygens (including phenoxy) is 1. The van der Waals surface area contributed by atoms with E-state index >= 15 is 0 Å². The summed E-state index contributed by atoms with van der Waals surface area (Å²) in [5.74, 6) is -0.147. The van der Waals surface area contributed by atoms with Crippen LogP contribution in [0.3, 0.4) is 0 Å². The number of nitrogens with one attached hydrogen (secondary N) is 1. The highest BCUT2D eigenvalue weighted by Crippen LogP contribution is 2.24. The summed E-state index contributed by atoms with van der Waals surface area (Å²) >= 11 is 0. The Kier molecular flexibility index (Phi) is 3.55. The second-order valence-corrected chi connectivity index (χ2v) is 4.47. The predicted molar refractivity (Wildman–Crippen MR) is 72.5 cm³/mol. The Morgan fingerprint density at radius 1 is 1.37 bits per heavy atom. The van der Waals surface area contributed by atoms with Gasteiger partial charge in [-0.05, 0) is 12.1 Å². The Labute approximate surface area is 110 Å². The normalized spacial score (nSPS) is 10.7. The first-order valence-electron chi connectivity index (χ1n) is 5.94. The topological polar surface area (TPSA) is 68.5 Å². The summed E-state index contributed by atoms with van der Waals surface area (Å²) in [4.78, 5) is 23.3. The molecule has 1 heterocycles. The van der Waals surface area contributed by atoms with E-state index in [2.05, 4.69) is 5.32 Å². The zero-order chi connectivity index (χ0) is 14.0. The van der Waals surface area contributed by atoms with Gasteiger partial charge in [0.2, 0.25) is 11.7 Å². The molecular weight excluding hydrogens is 246 g/mol. The maximum absolute atomic E-state index is 11.7. The molecule has 1 N–H and O–H groups in total. The van der Waals surface area contributed by atoms with Crippen LogP contribution in [0.4, 0.5) is 5.69 Å². The number of anilines is 1. The summed E-state index contributed by atoms with van der Waals surface area (Å²) in [5, 5.41) is 3.43. The third-order valence-electron chi connectivity index (χ3n) is 2.73. The molecule has 100 valence electrons. The lowest BCUT2D eigenvalue weighted by Gasteiger charge is -2.09. The number of carbonyl (C=O) groups excluding carboxylic acids is 1. The van der Waals surface area contributed by atoms with Crippen LogP contribution in [0.2, 0.25) is 0 Å². The summed E-state index contributed by atoms with van der Waals surface area (Å²) < 4.78 is 10.1. The Bertz CT molecular complexity index is 673. The van der Waals surface area contributed by atoms with E-state index < -0.39 is 5.63 Å². The van der Waals surface area contributed by atoms with Crippen molar-refractivity contribution in [2.24, 2.45) is 5.92 Å². The molecule has 2 aromatic rings. The van der Waals surface area contributed by atoms with Crippen LogP contribution in [0, 0.1) is 5.92 Å². The van der Waals surface area contributed by atoms with Crippen molar-refractivity contribution in [1.29, 1.82) is 0 Å². The summed E-state index contributed by atoms with van der Waals surface area (Å²) in [5.41, 5.74) is 0.263. The number of carbonyl (C=O) groups is 1. The molecule has 0 bridgehead atoms. The molecule has 0 aliphatic carbocycles. The van der Waals surface area contributed by atoms with Crippen molar-refractivity contribution >= 4 is 22.6 Å². The Hall–Kier alpha value is -2.30. The molecule has 5 heteroatoms. The van der Waals surface area contributed by atoms with Crippen LogP contribution < -0.4 is 15.7 Å². The molecule has 0 fully saturated rings. The molecule has 0 spiro atoms. The van der Waals surface area contributed by atoms with Crippen molar-refractivity contribution in [1.82, 2.24) is 0 Å². The average molecular weight is 261 g/mol. The fourth-order valence-corrected chi connectivity index (χ4v) is 1.64. The van der Waals surface area contributed by atoms with Crippen LogP contribution in [0.15, 0.2) is 33.5 Å². The van der Waals surface area contributed by atoms with E-state index in [1.165, 1.54) is 7.11 Å². The fraction of sp³-hybridized carbons (Fsp3) is 0.286. The lowest BCUT2D eigenvalue weighted by molar-refractivity contribution is -0.118. The van der Waals surface area contributed by atoms with Gasteiger partial charge in [-0.2, -0.15) is 0 Å². The number of hydrogen-bond acceptors (Lipinski definition) is 4. The zero-order valence-corrected chi connectivity index (χ0v) is 11.0. The molecule has 1 aromatic heterocycles. The van der Waals surface area contributed by atoms with Gasteiger partial charge < -0.3 is 14.5 Å². The van der Waals surface area contributed by atoms with E-state index in [9.17, 15) is 9.59 Å². The van der Waals surface area contributed by atoms with E-state index in [0.717, 1.165) is 0 Å². The van der Waals surface area contributed by atoms with Gasteiger partial charge in [0.1, 0.15) is 0 Å². The molecule has 1 amide bonds. The highest BCUT2D eigenvalue weighted by molar-refractivity contribution is 6.00. The molecule has 1 aromatic carbocycles. The molecule has 0 saturated carbocycles. The Balaban J connectivity index is 2.54. The largest absolute Gasteiger partial charge is 0.490 e. The number of amides is 1. The predicted octanol–water partition coefficient (Wildman–Crippen LogP) is 2.40. The van der Waals surface area contributed by atoms with Gasteiger partial charge in [0.25, 0.3) is 0 Å². The van der Waals surface area contributed by atoms with Crippen molar-refractivity contribution in [3.8, 4) is 5.75 Å². The Morgan fingerprint density at radius 2 is 2.11 bits per heavy atom. The lowest BCUT2D eigenvalue weighted by atomic mass is 10.1. The molecule has 2 rings (SSSR count). The number of methoxy groups -OCH3 is 1. The summed E-state index contributed by atoms with van der Waals surface area (Å²) in [6.07, 6.45) is 0. The van der Waals surface area contributed by atoms with E-state index in [4.69, 9.17) is 9.15 Å². The monoisotopic (exact) mass is 261 g/mol. The van der Waals surface area contributed by atoms with Crippen LogP contribution in [0.5, 0.6) is 5.75 Å². The second-order valence-electron chi connectivity index (χ2n) is 4.47. The van der Waals surface area contributed by atoms with Gasteiger partial charge in [0, 0.05) is 11.3 Å². The maximum atomic E-state index is 11.7. The molecule has 0 aliphatic heterocycles. The number of rotatable bonds is 3. The molecule has 0 radical (unpaired) electrons. The van der Waals surface area contributed by atoms with Crippen molar-refractivity contribution in [3.05, 3.63) is 34.7 Å². The second kappa shape index (κ2) is 5.14. The van der Waals surface area contributed by atoms with Crippen molar-refractivity contribution in [2.75, 3.05) is 12.4 Å². The molecule has 0 aliphatic rings. The molecule has 0 atom stereocenters. The first kappa shape index (κ1) is 13.1. The summed E-state index contributed by atoms with van der Waals surface area (Å²) in [7, 11) is 1.41. The highest BCUT2D eigenvalue weighted by atomic mass is 16.5. The third-order valence-corrected chi connectivity index (χ3v) is 2.73. The van der Waals surface area contributed by atoms with Gasteiger partial charge in [-0.25, -0.2) is 4.79 Å². The zero-order valence-electron chi connectivity index (χ0n) is 11.0. The van der Waals surface area contributed by atoms with Crippen LogP contribution in [0.25, 0.3) is 11.0 Å². The van der Waals surface area contributed by atoms with Crippen LogP contribution in [-0.2, 0) is 4.79 Å². The van der Waals surface area contributed by atoms with E-state index in [1.54, 1.807) is 38.1 Å². The minimum absolute atomic E-state index is 0.133. The van der Waals surface area contributed by atoms with Crippen molar-refractivity contribution < 1.29 is 13.9 Å². The average Bonchev–Trinajstić information content (AvgIpc) is 2.38. The standard InChI is InChI=1S/C14H15NO4/c1-8(2)13(16)15-10-6-4-5-9-7-11(18-3)14(17)19-12(9)10/h4-8H,1-3H3,(H,15,16). The lowest BCUT2D eigenvalue weighted by Crippen LogP contribution is -2.18. The quantitative estimate of drug-likeness (QED) is 0.861. The maximum Gasteiger partial charge on any atom is 0.379 e. The molecular formula is C14H15NO4. The number of benzene rings is 1. The van der Waals surface area contributed by atoms with Gasteiger partial charge >= 0.3 is 5.63 Å². The highest BCUT2D eigenvalue weighted by Gasteiger charge is 2.12. The van der Waals surface area contributed by atoms with Crippen molar-refractivity contribution in [3.63, 3.8) is 0 Å². The number of para-hydroxylation sites is 1. The van der Waals surface area contributed by atoms with Gasteiger partial charge in [-0.3, -0.25) is 4.79 Å². The fourth-order valence-electron chi connectivity index (χ4n) is 1.64. The Morgan fingerprint density at radius 3 is 2.74 bits per heavy atom. The first-order chi connectivity index (χ1) is 9.02. The number of fused-ring (bicyclic) bond motifs is 1. The van der Waals surface area contributed by atoms with E-state index in [1.807, 2.05) is 0 Å². The van der Waals surface area contributed by atoms with Gasteiger partial charge in [0.15, 0.2) is 5.58 Å². The molecule has 5 nitrogen and oxygen atoms in total. The minimum atomic E-state index is -0.568. The van der Waals surface area contributed by atoms with Crippen molar-refractivity contribution in [2.45, 2.75) is 13.8 Å². The smallest absolute Gasteiger partial charge is 0.379 e. The van der Waals surface area contributed by atoms with Crippen LogP contribution >= 0.6 is 0 Å². The van der Waals surface area contributed by atoms with E-state index in [-0.39, 0.29) is 17.6 Å². The molecule has 0 saturated heterocycles. The van der Waals surface area contributed by atoms with Crippen LogP contribution in [0.1, 0.15) is 13.8 Å². The SMILES string of the molecule is COc1cc2cccc(NC(=O)C(C)C)c2oc1=O.